The lowest BCUT2D eigenvalue weighted by atomic mass is 9.97. The maximum absolute atomic E-state index is 12.9. The molecule has 1 aliphatic rings. The Kier molecular flexibility index (Phi) is 9.23. The van der Waals surface area contributed by atoms with Gasteiger partial charge >= 0.3 is 0 Å². The van der Waals surface area contributed by atoms with Crippen molar-refractivity contribution in [3.63, 3.8) is 0 Å². The third-order valence-electron chi connectivity index (χ3n) is 6.32. The molecule has 1 heterocycles. The first kappa shape index (κ1) is 25.1. The molecule has 1 amide bonds. The molecular weight excluding hydrogens is 434 g/mol. The summed E-state index contributed by atoms with van der Waals surface area (Å²) in [7, 11) is -3.50. The monoisotopic (exact) mass is 469 g/mol. The van der Waals surface area contributed by atoms with Crippen molar-refractivity contribution >= 4 is 22.0 Å². The highest BCUT2D eigenvalue weighted by molar-refractivity contribution is 7.92. The zero-order valence-corrected chi connectivity index (χ0v) is 20.4. The lowest BCUT2D eigenvalue weighted by Gasteiger charge is -2.32. The highest BCUT2D eigenvalue weighted by Crippen LogP contribution is 2.23. The fraction of sp³-hybridized carbons (Fsp3) is 0.423. The van der Waals surface area contributed by atoms with Crippen LogP contribution in [0.2, 0.25) is 0 Å². The van der Waals surface area contributed by atoms with Crippen LogP contribution in [0.1, 0.15) is 43.9 Å². The Morgan fingerprint density at radius 1 is 1.03 bits per heavy atom. The molecule has 178 valence electrons. The lowest BCUT2D eigenvalue weighted by Crippen LogP contribution is -2.44. The summed E-state index contributed by atoms with van der Waals surface area (Å²) in [6.45, 7) is 7.32. The minimum absolute atomic E-state index is 0.0139. The van der Waals surface area contributed by atoms with E-state index in [1.54, 1.807) is 6.08 Å². The summed E-state index contributed by atoms with van der Waals surface area (Å²) in [6, 6.07) is 19.7. The van der Waals surface area contributed by atoms with Gasteiger partial charge in [-0.3, -0.25) is 9.69 Å². The Balaban J connectivity index is 1.54. The molecule has 1 atom stereocenters. The molecular formula is C26H35N3O3S. The molecule has 0 radical (unpaired) electrons. The maximum Gasteiger partial charge on any atom is 0.236 e. The smallest absolute Gasteiger partial charge is 0.236 e. The summed E-state index contributed by atoms with van der Waals surface area (Å²) in [4.78, 5) is 15.2. The Hall–Kier alpha value is -2.48. The molecule has 0 aliphatic carbocycles. The van der Waals surface area contributed by atoms with Crippen LogP contribution >= 0.6 is 0 Å². The van der Waals surface area contributed by atoms with Crippen molar-refractivity contribution in [2.75, 3.05) is 32.7 Å². The van der Waals surface area contributed by atoms with Crippen LogP contribution in [0.4, 0.5) is 0 Å². The molecule has 1 N–H and O–H groups in total. The van der Waals surface area contributed by atoms with E-state index in [4.69, 9.17) is 0 Å². The summed E-state index contributed by atoms with van der Waals surface area (Å²) >= 11 is 0. The number of amides is 1. The van der Waals surface area contributed by atoms with Crippen molar-refractivity contribution in [3.05, 3.63) is 77.2 Å². The Morgan fingerprint density at radius 2 is 1.61 bits per heavy atom. The number of hydrogen-bond acceptors (Lipinski definition) is 4. The van der Waals surface area contributed by atoms with Gasteiger partial charge in [0.2, 0.25) is 15.9 Å². The van der Waals surface area contributed by atoms with E-state index >= 15 is 0 Å². The molecule has 2 aromatic rings. The van der Waals surface area contributed by atoms with E-state index < -0.39 is 10.0 Å². The number of hydrogen-bond donors (Lipinski definition) is 1. The minimum atomic E-state index is -3.50. The van der Waals surface area contributed by atoms with E-state index in [1.807, 2.05) is 48.5 Å². The highest BCUT2D eigenvalue weighted by Gasteiger charge is 2.30. The molecule has 7 heteroatoms. The average molecular weight is 470 g/mol. The molecule has 1 fully saturated rings. The molecule has 2 aromatic carbocycles. The fourth-order valence-corrected chi connectivity index (χ4v) is 5.55. The highest BCUT2D eigenvalue weighted by atomic mass is 32.2. The standard InChI is InChI=1S/C26H35N3O3S/c1-3-28(4-2)25(23-13-9-6-10-14-23)21-27-26(30)24-15-18-29(19-16-24)33(31,32)20-17-22-11-7-5-8-12-22/h5-14,17,20,24-25H,3-4,15-16,18-19,21H2,1-2H3,(H,27,30). The number of nitrogens with zero attached hydrogens (tertiary/aromatic N) is 2. The van der Waals surface area contributed by atoms with Gasteiger partial charge in [-0.05, 0) is 43.1 Å². The van der Waals surface area contributed by atoms with Gasteiger partial charge in [0.05, 0.1) is 6.04 Å². The number of likely N-dealkylation sites (N-methyl/N-ethyl adjacent to an activating group) is 1. The van der Waals surface area contributed by atoms with Gasteiger partial charge in [0.1, 0.15) is 0 Å². The van der Waals surface area contributed by atoms with Crippen molar-refractivity contribution in [1.82, 2.24) is 14.5 Å². The van der Waals surface area contributed by atoms with E-state index in [0.29, 0.717) is 32.5 Å². The van der Waals surface area contributed by atoms with Crippen molar-refractivity contribution in [2.45, 2.75) is 32.7 Å². The maximum atomic E-state index is 12.9. The summed E-state index contributed by atoms with van der Waals surface area (Å²) in [5.41, 5.74) is 2.03. The first-order valence-corrected chi connectivity index (χ1v) is 13.2. The third-order valence-corrected chi connectivity index (χ3v) is 7.89. The molecule has 0 aromatic heterocycles. The number of rotatable bonds is 10. The SMILES string of the molecule is CCN(CC)C(CNC(=O)C1CCN(S(=O)(=O)C=Cc2ccccc2)CC1)c1ccccc1. The van der Waals surface area contributed by atoms with Gasteiger partial charge in [-0.25, -0.2) is 8.42 Å². The minimum Gasteiger partial charge on any atom is -0.354 e. The fourth-order valence-electron chi connectivity index (χ4n) is 4.33. The van der Waals surface area contributed by atoms with Gasteiger partial charge in [-0.1, -0.05) is 74.5 Å². The summed E-state index contributed by atoms with van der Waals surface area (Å²) in [5.74, 6) is -0.150. The van der Waals surface area contributed by atoms with Gasteiger partial charge < -0.3 is 5.32 Å². The molecule has 3 rings (SSSR count). The van der Waals surface area contributed by atoms with E-state index in [-0.39, 0.29) is 17.9 Å². The molecule has 0 spiro atoms. The second-order valence-electron chi connectivity index (χ2n) is 8.32. The predicted molar refractivity (Wildman–Crippen MR) is 134 cm³/mol. The lowest BCUT2D eigenvalue weighted by molar-refractivity contribution is -0.126. The number of piperidine rings is 1. The van der Waals surface area contributed by atoms with Crippen molar-refractivity contribution < 1.29 is 13.2 Å². The molecule has 1 saturated heterocycles. The van der Waals surface area contributed by atoms with Crippen LogP contribution in [0, 0.1) is 5.92 Å². The molecule has 0 saturated carbocycles. The predicted octanol–water partition coefficient (Wildman–Crippen LogP) is 3.90. The molecule has 1 unspecified atom stereocenters. The quantitative estimate of drug-likeness (QED) is 0.573. The van der Waals surface area contributed by atoms with Crippen LogP contribution in [0.3, 0.4) is 0 Å². The van der Waals surface area contributed by atoms with E-state index in [0.717, 1.165) is 18.7 Å². The topological polar surface area (TPSA) is 69.7 Å². The molecule has 6 nitrogen and oxygen atoms in total. The zero-order chi connectivity index (χ0) is 23.7. The van der Waals surface area contributed by atoms with Crippen LogP contribution in [-0.4, -0.2) is 56.3 Å². The second kappa shape index (κ2) is 12.1. The van der Waals surface area contributed by atoms with Crippen LogP contribution in [0.25, 0.3) is 6.08 Å². The number of carbonyl (C=O) groups is 1. The van der Waals surface area contributed by atoms with Crippen LogP contribution in [0.15, 0.2) is 66.1 Å². The van der Waals surface area contributed by atoms with Gasteiger partial charge in [-0.2, -0.15) is 4.31 Å². The van der Waals surface area contributed by atoms with Crippen LogP contribution < -0.4 is 5.32 Å². The van der Waals surface area contributed by atoms with Gasteiger partial charge in [-0.15, -0.1) is 0 Å². The summed E-state index contributed by atoms with van der Waals surface area (Å²) in [5, 5.41) is 4.40. The summed E-state index contributed by atoms with van der Waals surface area (Å²) < 4.78 is 26.8. The zero-order valence-electron chi connectivity index (χ0n) is 19.6. The van der Waals surface area contributed by atoms with Crippen LogP contribution in [0.5, 0.6) is 0 Å². The normalized spacial score (nSPS) is 16.8. The van der Waals surface area contributed by atoms with Gasteiger partial charge in [0, 0.05) is 31.0 Å². The Labute approximate surface area is 198 Å². The largest absolute Gasteiger partial charge is 0.354 e. The molecule has 1 aliphatic heterocycles. The second-order valence-corrected chi connectivity index (χ2v) is 10.1. The number of benzene rings is 2. The third kappa shape index (κ3) is 7.00. The first-order valence-electron chi connectivity index (χ1n) is 11.7. The van der Waals surface area contributed by atoms with Crippen molar-refractivity contribution in [3.8, 4) is 0 Å². The number of carbonyl (C=O) groups excluding carboxylic acids is 1. The van der Waals surface area contributed by atoms with Crippen LogP contribution in [-0.2, 0) is 14.8 Å². The average Bonchev–Trinajstić information content (AvgIpc) is 2.86. The molecule has 0 bridgehead atoms. The van der Waals surface area contributed by atoms with Gasteiger partial charge in [0.15, 0.2) is 0 Å². The van der Waals surface area contributed by atoms with E-state index in [2.05, 4.69) is 36.2 Å². The summed E-state index contributed by atoms with van der Waals surface area (Å²) in [6.07, 6.45) is 2.68. The number of sulfonamides is 1. The first-order chi connectivity index (χ1) is 15.9. The number of nitrogens with one attached hydrogen (secondary N) is 1. The van der Waals surface area contributed by atoms with E-state index in [9.17, 15) is 13.2 Å². The Bertz CT molecular complexity index is 998. The molecule has 33 heavy (non-hydrogen) atoms. The van der Waals surface area contributed by atoms with Crippen molar-refractivity contribution in [1.29, 1.82) is 0 Å². The Morgan fingerprint density at radius 3 is 2.18 bits per heavy atom. The van der Waals surface area contributed by atoms with Gasteiger partial charge in [0.25, 0.3) is 0 Å². The van der Waals surface area contributed by atoms with E-state index in [1.165, 1.54) is 15.3 Å². The van der Waals surface area contributed by atoms with Crippen molar-refractivity contribution in [2.24, 2.45) is 5.92 Å².